The molecule has 2 rings (SSSR count). The number of nitrogens with one attached hydrogen (secondary N) is 2. The average Bonchev–Trinajstić information content (AvgIpc) is 2.55. The van der Waals surface area contributed by atoms with Crippen molar-refractivity contribution in [3.05, 3.63) is 35.9 Å². The lowest BCUT2D eigenvalue weighted by molar-refractivity contribution is -0.140. The van der Waals surface area contributed by atoms with Crippen LogP contribution in [0.3, 0.4) is 0 Å². The van der Waals surface area contributed by atoms with Gasteiger partial charge in [-0.15, -0.1) is 0 Å². The van der Waals surface area contributed by atoms with Gasteiger partial charge < -0.3 is 21.5 Å². The lowest BCUT2D eigenvalue weighted by atomic mass is 9.72. The van der Waals surface area contributed by atoms with Gasteiger partial charge in [-0.2, -0.15) is 0 Å². The van der Waals surface area contributed by atoms with Crippen molar-refractivity contribution in [2.45, 2.75) is 30.7 Å². The second-order valence-corrected chi connectivity index (χ2v) is 5.72. The van der Waals surface area contributed by atoms with Gasteiger partial charge in [-0.3, -0.25) is 14.4 Å². The highest BCUT2D eigenvalue weighted by Gasteiger charge is 2.42. The highest BCUT2D eigenvalue weighted by atomic mass is 16.4. The summed E-state index contributed by atoms with van der Waals surface area (Å²) >= 11 is 0. The summed E-state index contributed by atoms with van der Waals surface area (Å²) in [5.74, 6) is -2.39. The van der Waals surface area contributed by atoms with Crippen LogP contribution in [-0.4, -0.2) is 42.0 Å². The Morgan fingerprint density at radius 2 is 1.83 bits per heavy atom. The molecule has 124 valence electrons. The minimum absolute atomic E-state index is 0.352. The normalized spacial score (nSPS) is 17.9. The number of carboxylic acid groups (broad SMARTS) is 1. The molecule has 2 amide bonds. The molecular formula is C16H21N3O4. The van der Waals surface area contributed by atoms with Gasteiger partial charge in [0.05, 0.1) is 11.8 Å². The van der Waals surface area contributed by atoms with E-state index in [1.54, 1.807) is 0 Å². The standard InChI is InChI=1S/C16H21N3O4/c17-14(22)12(10-13(20)21)19-15(23)16(6-8-18-9-7-16)11-4-2-1-3-5-11/h1-5,12,18H,6-10H2,(H2,17,22)(H,19,23)(H,20,21)/t12-/m0/s1. The van der Waals surface area contributed by atoms with Gasteiger partial charge in [0.25, 0.3) is 0 Å². The molecule has 1 aliphatic rings. The Labute approximate surface area is 134 Å². The first-order valence-corrected chi connectivity index (χ1v) is 7.54. The molecule has 7 heteroatoms. The molecule has 1 aromatic carbocycles. The number of carbonyl (C=O) groups is 3. The number of hydrogen-bond donors (Lipinski definition) is 4. The van der Waals surface area contributed by atoms with Gasteiger partial charge in [0.1, 0.15) is 6.04 Å². The maximum atomic E-state index is 12.9. The number of carbonyl (C=O) groups excluding carboxylic acids is 2. The fourth-order valence-corrected chi connectivity index (χ4v) is 2.95. The van der Waals surface area contributed by atoms with E-state index in [9.17, 15) is 14.4 Å². The van der Waals surface area contributed by atoms with Gasteiger partial charge in [-0.1, -0.05) is 30.3 Å². The van der Waals surface area contributed by atoms with Crippen LogP contribution in [0.4, 0.5) is 0 Å². The van der Waals surface area contributed by atoms with Gasteiger partial charge >= 0.3 is 5.97 Å². The Bertz CT molecular complexity index is 582. The van der Waals surface area contributed by atoms with E-state index in [2.05, 4.69) is 10.6 Å². The van der Waals surface area contributed by atoms with Crippen LogP contribution in [0.25, 0.3) is 0 Å². The largest absolute Gasteiger partial charge is 0.481 e. The minimum atomic E-state index is -1.21. The van der Waals surface area contributed by atoms with E-state index in [4.69, 9.17) is 10.8 Å². The van der Waals surface area contributed by atoms with Gasteiger partial charge in [0.2, 0.25) is 11.8 Å². The van der Waals surface area contributed by atoms with Crippen LogP contribution < -0.4 is 16.4 Å². The van der Waals surface area contributed by atoms with Crippen molar-refractivity contribution in [2.75, 3.05) is 13.1 Å². The third kappa shape index (κ3) is 3.87. The van der Waals surface area contributed by atoms with E-state index in [-0.39, 0.29) is 5.91 Å². The summed E-state index contributed by atoms with van der Waals surface area (Å²) in [7, 11) is 0. The Morgan fingerprint density at radius 3 is 2.35 bits per heavy atom. The summed E-state index contributed by atoms with van der Waals surface area (Å²) in [5.41, 5.74) is 5.30. The number of rotatable bonds is 6. The highest BCUT2D eigenvalue weighted by molar-refractivity contribution is 5.94. The zero-order valence-corrected chi connectivity index (χ0v) is 12.7. The van der Waals surface area contributed by atoms with Crippen LogP contribution in [0.1, 0.15) is 24.8 Å². The summed E-state index contributed by atoms with van der Waals surface area (Å²) in [4.78, 5) is 35.2. The zero-order valence-electron chi connectivity index (χ0n) is 12.7. The molecule has 1 fully saturated rings. The van der Waals surface area contributed by atoms with E-state index in [0.29, 0.717) is 25.9 Å². The van der Waals surface area contributed by atoms with E-state index >= 15 is 0 Å². The predicted octanol–water partition coefficient (Wildman–Crippen LogP) is -0.247. The lowest BCUT2D eigenvalue weighted by Gasteiger charge is -2.37. The molecule has 0 unspecified atom stereocenters. The van der Waals surface area contributed by atoms with Crippen LogP contribution in [-0.2, 0) is 19.8 Å². The highest BCUT2D eigenvalue weighted by Crippen LogP contribution is 2.33. The van der Waals surface area contributed by atoms with Gasteiger partial charge in [0.15, 0.2) is 0 Å². The van der Waals surface area contributed by atoms with E-state index < -0.39 is 29.8 Å². The van der Waals surface area contributed by atoms with Gasteiger partial charge in [-0.05, 0) is 31.5 Å². The number of primary amides is 1. The first-order chi connectivity index (χ1) is 11.0. The SMILES string of the molecule is NC(=O)[C@H](CC(=O)O)NC(=O)C1(c2ccccc2)CCNCC1. The second kappa shape index (κ2) is 7.23. The number of amides is 2. The van der Waals surface area contributed by atoms with Crippen molar-refractivity contribution in [2.24, 2.45) is 5.73 Å². The maximum Gasteiger partial charge on any atom is 0.305 e. The molecule has 0 spiro atoms. The maximum absolute atomic E-state index is 12.9. The fourth-order valence-electron chi connectivity index (χ4n) is 2.95. The van der Waals surface area contributed by atoms with Crippen molar-refractivity contribution in [1.29, 1.82) is 0 Å². The van der Waals surface area contributed by atoms with Crippen LogP contribution in [0.5, 0.6) is 0 Å². The number of carboxylic acids is 1. The summed E-state index contributed by atoms with van der Waals surface area (Å²) in [6, 6.07) is 8.12. The molecule has 1 saturated heterocycles. The number of nitrogens with two attached hydrogens (primary N) is 1. The average molecular weight is 319 g/mol. The molecule has 1 atom stereocenters. The van der Waals surface area contributed by atoms with Gasteiger partial charge in [0, 0.05) is 0 Å². The molecule has 0 aliphatic carbocycles. The molecule has 1 heterocycles. The number of benzene rings is 1. The van der Waals surface area contributed by atoms with Gasteiger partial charge in [-0.25, -0.2) is 0 Å². The summed E-state index contributed by atoms with van der Waals surface area (Å²) < 4.78 is 0. The molecule has 0 radical (unpaired) electrons. The first kappa shape index (κ1) is 17.0. The number of piperidine rings is 1. The van der Waals surface area contributed by atoms with Crippen LogP contribution in [0.2, 0.25) is 0 Å². The molecule has 7 nitrogen and oxygen atoms in total. The molecule has 0 saturated carbocycles. The fraction of sp³-hybridized carbons (Fsp3) is 0.438. The van der Waals surface area contributed by atoms with Crippen molar-refractivity contribution < 1.29 is 19.5 Å². The second-order valence-electron chi connectivity index (χ2n) is 5.72. The van der Waals surface area contributed by atoms with E-state index in [1.165, 1.54) is 0 Å². The topological polar surface area (TPSA) is 122 Å². The predicted molar refractivity (Wildman–Crippen MR) is 83.6 cm³/mol. The molecule has 0 bridgehead atoms. The molecule has 23 heavy (non-hydrogen) atoms. The zero-order chi connectivity index (χ0) is 16.9. The summed E-state index contributed by atoms with van der Waals surface area (Å²) in [5, 5.41) is 14.6. The smallest absolute Gasteiger partial charge is 0.305 e. The number of hydrogen-bond acceptors (Lipinski definition) is 4. The van der Waals surface area contributed by atoms with Crippen molar-refractivity contribution in [1.82, 2.24) is 10.6 Å². The van der Waals surface area contributed by atoms with Crippen LogP contribution in [0, 0.1) is 0 Å². The summed E-state index contributed by atoms with van der Waals surface area (Å²) in [6.07, 6.45) is 0.618. The lowest BCUT2D eigenvalue weighted by Crippen LogP contribution is -2.55. The third-order valence-electron chi connectivity index (χ3n) is 4.25. The van der Waals surface area contributed by atoms with E-state index in [0.717, 1.165) is 5.56 Å². The molecule has 1 aliphatic heterocycles. The van der Waals surface area contributed by atoms with Crippen molar-refractivity contribution >= 4 is 17.8 Å². The summed E-state index contributed by atoms with van der Waals surface area (Å²) in [6.45, 7) is 1.34. The molecule has 1 aromatic rings. The van der Waals surface area contributed by atoms with E-state index in [1.807, 2.05) is 30.3 Å². The number of aliphatic carboxylic acids is 1. The Morgan fingerprint density at radius 1 is 1.22 bits per heavy atom. The van der Waals surface area contributed by atoms with Crippen molar-refractivity contribution in [3.63, 3.8) is 0 Å². The Kier molecular flexibility index (Phi) is 5.33. The molecule has 5 N–H and O–H groups in total. The van der Waals surface area contributed by atoms with Crippen LogP contribution >= 0.6 is 0 Å². The molecular weight excluding hydrogens is 298 g/mol. The molecule has 0 aromatic heterocycles. The Balaban J connectivity index is 2.27. The quantitative estimate of drug-likeness (QED) is 0.576. The monoisotopic (exact) mass is 319 g/mol. The first-order valence-electron chi connectivity index (χ1n) is 7.54. The Hall–Kier alpha value is -2.41. The minimum Gasteiger partial charge on any atom is -0.481 e. The third-order valence-corrected chi connectivity index (χ3v) is 4.25. The van der Waals surface area contributed by atoms with Crippen LogP contribution in [0.15, 0.2) is 30.3 Å². The van der Waals surface area contributed by atoms with Crippen molar-refractivity contribution in [3.8, 4) is 0 Å².